The molecule has 116 valence electrons. The Labute approximate surface area is 128 Å². The summed E-state index contributed by atoms with van der Waals surface area (Å²) < 4.78 is 18.4. The predicted octanol–water partition coefficient (Wildman–Crippen LogP) is 2.22. The first-order valence-corrected chi connectivity index (χ1v) is 7.32. The molecule has 0 amide bonds. The van der Waals surface area contributed by atoms with E-state index in [9.17, 15) is 14.3 Å². The van der Waals surface area contributed by atoms with Crippen molar-refractivity contribution in [2.45, 2.75) is 25.5 Å². The molecule has 0 aromatic heterocycles. The van der Waals surface area contributed by atoms with E-state index in [2.05, 4.69) is 9.64 Å². The molecule has 1 aromatic rings. The molecule has 1 fully saturated rings. The van der Waals surface area contributed by atoms with E-state index in [1.807, 2.05) is 0 Å². The Balaban J connectivity index is 1.90. The number of carbonyl (C=O) groups excluding carboxylic acids is 1. The van der Waals surface area contributed by atoms with Gasteiger partial charge in [-0.2, -0.15) is 0 Å². The molecule has 1 heterocycles. The van der Waals surface area contributed by atoms with Crippen LogP contribution in [0.25, 0.3) is 0 Å². The van der Waals surface area contributed by atoms with Crippen LogP contribution in [0.15, 0.2) is 18.2 Å². The van der Waals surface area contributed by atoms with Crippen molar-refractivity contribution in [3.05, 3.63) is 34.6 Å². The molecule has 6 heteroatoms. The Kier molecular flexibility index (Phi) is 5.56. The minimum atomic E-state index is -1.07. The first-order valence-electron chi connectivity index (χ1n) is 6.94. The van der Waals surface area contributed by atoms with Gasteiger partial charge in [0.1, 0.15) is 5.82 Å². The fraction of sp³-hybridized carbons (Fsp3) is 0.533. The maximum absolute atomic E-state index is 13.9. The average molecular weight is 316 g/mol. The number of nitrogens with zero attached hydrogens (tertiary/aromatic N) is 1. The van der Waals surface area contributed by atoms with Gasteiger partial charge in [0.15, 0.2) is 6.10 Å². The van der Waals surface area contributed by atoms with E-state index in [1.165, 1.54) is 13.2 Å². The molecule has 1 aliphatic heterocycles. The molecule has 1 aliphatic rings. The number of rotatable bonds is 4. The normalized spacial score (nSPS) is 18.5. The van der Waals surface area contributed by atoms with Gasteiger partial charge in [-0.25, -0.2) is 9.18 Å². The minimum Gasteiger partial charge on any atom is -0.467 e. The number of likely N-dealkylation sites (tertiary alicyclic amines) is 1. The molecule has 1 saturated heterocycles. The van der Waals surface area contributed by atoms with Crippen LogP contribution in [0.2, 0.25) is 5.02 Å². The maximum atomic E-state index is 13.9. The maximum Gasteiger partial charge on any atom is 0.334 e. The summed E-state index contributed by atoms with van der Waals surface area (Å²) in [6, 6.07) is 4.98. The van der Waals surface area contributed by atoms with E-state index in [0.29, 0.717) is 38.0 Å². The van der Waals surface area contributed by atoms with Crippen molar-refractivity contribution in [2.24, 2.45) is 5.92 Å². The lowest BCUT2D eigenvalue weighted by Gasteiger charge is -2.33. The number of piperidine rings is 1. The quantitative estimate of drug-likeness (QED) is 0.866. The van der Waals surface area contributed by atoms with Gasteiger partial charge < -0.3 is 9.84 Å². The van der Waals surface area contributed by atoms with Gasteiger partial charge in [0.25, 0.3) is 0 Å². The van der Waals surface area contributed by atoms with Crippen molar-refractivity contribution in [1.29, 1.82) is 0 Å². The lowest BCUT2D eigenvalue weighted by molar-refractivity contribution is -0.154. The van der Waals surface area contributed by atoms with E-state index in [0.717, 1.165) is 0 Å². The van der Waals surface area contributed by atoms with E-state index >= 15 is 0 Å². The number of esters is 1. The standard InChI is InChI=1S/C15H19ClFNO3/c1-21-15(20)14(19)10-5-7-18(8-6-10)9-11-3-2-4-12(16)13(11)17/h2-4,10,14,19H,5-9H2,1H3. The zero-order chi connectivity index (χ0) is 15.4. The van der Waals surface area contributed by atoms with Crippen molar-refractivity contribution >= 4 is 17.6 Å². The van der Waals surface area contributed by atoms with Crippen LogP contribution < -0.4 is 0 Å². The summed E-state index contributed by atoms with van der Waals surface area (Å²) in [7, 11) is 1.27. The highest BCUT2D eigenvalue weighted by molar-refractivity contribution is 6.30. The second-order valence-electron chi connectivity index (χ2n) is 5.29. The van der Waals surface area contributed by atoms with Crippen LogP contribution in [0.5, 0.6) is 0 Å². The molecule has 0 aliphatic carbocycles. The molecule has 4 nitrogen and oxygen atoms in total. The molecule has 1 aromatic carbocycles. The smallest absolute Gasteiger partial charge is 0.334 e. The van der Waals surface area contributed by atoms with Crippen molar-refractivity contribution in [3.63, 3.8) is 0 Å². The Bertz CT molecular complexity index is 504. The predicted molar refractivity (Wildman–Crippen MR) is 77.4 cm³/mol. The molecule has 0 saturated carbocycles. The summed E-state index contributed by atoms with van der Waals surface area (Å²) in [6.07, 6.45) is 0.289. The summed E-state index contributed by atoms with van der Waals surface area (Å²) in [5, 5.41) is 9.96. The van der Waals surface area contributed by atoms with Crippen LogP contribution in [0.1, 0.15) is 18.4 Å². The fourth-order valence-electron chi connectivity index (χ4n) is 2.65. The molecular weight excluding hydrogens is 297 g/mol. The third-order valence-corrected chi connectivity index (χ3v) is 4.24. The first kappa shape index (κ1) is 16.2. The Hall–Kier alpha value is -1.17. The molecular formula is C15H19ClFNO3. The number of aliphatic hydroxyl groups excluding tert-OH is 1. The molecule has 1 N–H and O–H groups in total. The lowest BCUT2D eigenvalue weighted by atomic mass is 9.91. The summed E-state index contributed by atoms with van der Waals surface area (Å²) >= 11 is 5.77. The number of hydrogen-bond acceptors (Lipinski definition) is 4. The number of benzene rings is 1. The van der Waals surface area contributed by atoms with Crippen LogP contribution >= 0.6 is 11.6 Å². The monoisotopic (exact) mass is 315 g/mol. The lowest BCUT2D eigenvalue weighted by Crippen LogP contribution is -2.40. The van der Waals surface area contributed by atoms with Gasteiger partial charge in [-0.3, -0.25) is 4.90 Å². The minimum absolute atomic E-state index is 0.0992. The second-order valence-corrected chi connectivity index (χ2v) is 5.70. The zero-order valence-corrected chi connectivity index (χ0v) is 12.6. The third-order valence-electron chi connectivity index (χ3n) is 3.95. The fourth-order valence-corrected chi connectivity index (χ4v) is 2.85. The average Bonchev–Trinajstić information content (AvgIpc) is 2.51. The molecule has 1 atom stereocenters. The summed E-state index contributed by atoms with van der Waals surface area (Å²) in [5.74, 6) is -1.07. The molecule has 0 spiro atoms. The van der Waals surface area contributed by atoms with Crippen LogP contribution in [0.4, 0.5) is 4.39 Å². The second kappa shape index (κ2) is 7.20. The summed E-state index contributed by atoms with van der Waals surface area (Å²) in [6.45, 7) is 1.88. The SMILES string of the molecule is COC(=O)C(O)C1CCN(Cc2cccc(Cl)c2F)CC1. The molecule has 0 radical (unpaired) electrons. The van der Waals surface area contributed by atoms with Gasteiger partial charge in [0.05, 0.1) is 12.1 Å². The van der Waals surface area contributed by atoms with Crippen LogP contribution in [-0.4, -0.2) is 42.3 Å². The first-order chi connectivity index (χ1) is 10.0. The van der Waals surface area contributed by atoms with Crippen molar-refractivity contribution in [2.75, 3.05) is 20.2 Å². The van der Waals surface area contributed by atoms with Gasteiger partial charge in [0, 0.05) is 12.1 Å². The Morgan fingerprint density at radius 3 is 2.81 bits per heavy atom. The molecule has 1 unspecified atom stereocenters. The summed E-state index contributed by atoms with van der Waals surface area (Å²) in [4.78, 5) is 13.4. The Morgan fingerprint density at radius 1 is 1.52 bits per heavy atom. The van der Waals surface area contributed by atoms with E-state index in [4.69, 9.17) is 11.6 Å². The highest BCUT2D eigenvalue weighted by Crippen LogP contribution is 2.24. The van der Waals surface area contributed by atoms with E-state index in [1.54, 1.807) is 12.1 Å². The van der Waals surface area contributed by atoms with E-state index in [-0.39, 0.29) is 16.8 Å². The van der Waals surface area contributed by atoms with Crippen molar-refractivity contribution in [3.8, 4) is 0 Å². The number of methoxy groups -OCH3 is 1. The number of carbonyl (C=O) groups is 1. The van der Waals surface area contributed by atoms with Gasteiger partial charge in [-0.1, -0.05) is 23.7 Å². The van der Waals surface area contributed by atoms with Crippen LogP contribution in [-0.2, 0) is 16.1 Å². The topological polar surface area (TPSA) is 49.8 Å². The molecule has 2 rings (SSSR count). The Morgan fingerprint density at radius 2 is 2.19 bits per heavy atom. The van der Waals surface area contributed by atoms with Gasteiger partial charge in [0.2, 0.25) is 0 Å². The number of hydrogen-bond donors (Lipinski definition) is 1. The summed E-state index contributed by atoms with van der Waals surface area (Å²) in [5.41, 5.74) is 0.564. The van der Waals surface area contributed by atoms with Crippen LogP contribution in [0.3, 0.4) is 0 Å². The van der Waals surface area contributed by atoms with Crippen molar-refractivity contribution in [1.82, 2.24) is 4.90 Å². The van der Waals surface area contributed by atoms with Crippen LogP contribution in [0, 0.1) is 11.7 Å². The number of aliphatic hydroxyl groups is 1. The van der Waals surface area contributed by atoms with Gasteiger partial charge >= 0.3 is 5.97 Å². The highest BCUT2D eigenvalue weighted by Gasteiger charge is 2.30. The molecule has 0 bridgehead atoms. The number of halogens is 2. The highest BCUT2D eigenvalue weighted by atomic mass is 35.5. The third kappa shape index (κ3) is 3.93. The largest absolute Gasteiger partial charge is 0.467 e. The number of ether oxygens (including phenoxy) is 1. The van der Waals surface area contributed by atoms with Gasteiger partial charge in [-0.15, -0.1) is 0 Å². The zero-order valence-electron chi connectivity index (χ0n) is 11.9. The van der Waals surface area contributed by atoms with Crippen molar-refractivity contribution < 1.29 is 19.0 Å². The molecule has 21 heavy (non-hydrogen) atoms. The van der Waals surface area contributed by atoms with Gasteiger partial charge in [-0.05, 0) is 37.9 Å². The van der Waals surface area contributed by atoms with E-state index < -0.39 is 12.1 Å².